The van der Waals surface area contributed by atoms with Crippen molar-refractivity contribution in [2.24, 2.45) is 11.7 Å². The van der Waals surface area contributed by atoms with Gasteiger partial charge < -0.3 is 16.2 Å². The first kappa shape index (κ1) is 12.9. The number of hydrogen-bond acceptors (Lipinski definition) is 3. The highest BCUT2D eigenvalue weighted by Crippen LogP contribution is 2.03. The number of aliphatic hydroxyl groups is 1. The Morgan fingerprint density at radius 1 is 1.31 bits per heavy atom. The third-order valence-corrected chi connectivity index (χ3v) is 2.35. The maximum Gasteiger partial charge on any atom is 0.0431 e. The average Bonchev–Trinajstić information content (AvgIpc) is 2.10. The molecule has 0 amide bonds. The van der Waals surface area contributed by atoms with Crippen molar-refractivity contribution in [3.05, 3.63) is 0 Å². The Hall–Kier alpha value is -0.120. The van der Waals surface area contributed by atoms with E-state index in [1.165, 1.54) is 0 Å². The predicted octanol–water partition coefficient (Wildman–Crippen LogP) is 0.720. The largest absolute Gasteiger partial charge is 0.396 e. The van der Waals surface area contributed by atoms with E-state index >= 15 is 0 Å². The fraction of sp³-hybridized carbons (Fsp3) is 1.00. The summed E-state index contributed by atoms with van der Waals surface area (Å²) < 4.78 is 0. The van der Waals surface area contributed by atoms with E-state index < -0.39 is 0 Å². The van der Waals surface area contributed by atoms with Gasteiger partial charge in [-0.05, 0) is 25.7 Å². The maximum atomic E-state index is 8.66. The molecule has 0 aromatic rings. The smallest absolute Gasteiger partial charge is 0.0431 e. The second-order valence-electron chi connectivity index (χ2n) is 4.02. The van der Waals surface area contributed by atoms with Crippen LogP contribution in [-0.2, 0) is 0 Å². The second-order valence-corrected chi connectivity index (χ2v) is 4.02. The molecule has 0 bridgehead atoms. The maximum absolute atomic E-state index is 8.66. The fourth-order valence-electron chi connectivity index (χ4n) is 1.38. The van der Waals surface area contributed by atoms with Crippen molar-refractivity contribution in [1.29, 1.82) is 0 Å². The van der Waals surface area contributed by atoms with Crippen LogP contribution in [0.5, 0.6) is 0 Å². The minimum Gasteiger partial charge on any atom is -0.396 e. The summed E-state index contributed by atoms with van der Waals surface area (Å²) in [6.45, 7) is 7.44. The summed E-state index contributed by atoms with van der Waals surface area (Å²) in [4.78, 5) is 0. The number of hydrogen-bond donors (Lipinski definition) is 3. The van der Waals surface area contributed by atoms with E-state index in [4.69, 9.17) is 10.8 Å². The molecule has 2 unspecified atom stereocenters. The van der Waals surface area contributed by atoms with E-state index in [0.717, 1.165) is 12.8 Å². The van der Waals surface area contributed by atoms with Crippen molar-refractivity contribution >= 4 is 0 Å². The van der Waals surface area contributed by atoms with Gasteiger partial charge in [0.15, 0.2) is 0 Å². The van der Waals surface area contributed by atoms with Crippen LogP contribution in [0.25, 0.3) is 0 Å². The Balaban J connectivity index is 3.66. The van der Waals surface area contributed by atoms with Crippen molar-refractivity contribution in [2.75, 3.05) is 13.2 Å². The normalized spacial score (nSPS) is 16.2. The molecule has 0 rings (SSSR count). The van der Waals surface area contributed by atoms with Gasteiger partial charge in [0.05, 0.1) is 0 Å². The summed E-state index contributed by atoms with van der Waals surface area (Å²) in [5, 5.41) is 12.1. The van der Waals surface area contributed by atoms with Crippen LogP contribution in [-0.4, -0.2) is 30.3 Å². The van der Waals surface area contributed by atoms with E-state index in [9.17, 15) is 0 Å². The molecule has 0 aromatic heterocycles. The van der Waals surface area contributed by atoms with E-state index in [1.807, 2.05) is 0 Å². The van der Waals surface area contributed by atoms with Crippen molar-refractivity contribution in [3.8, 4) is 0 Å². The summed E-state index contributed by atoms with van der Waals surface area (Å²) in [6.07, 6.45) is 1.88. The van der Waals surface area contributed by atoms with Crippen molar-refractivity contribution in [2.45, 2.75) is 45.7 Å². The Bertz CT molecular complexity index is 117. The first-order valence-corrected chi connectivity index (χ1v) is 5.18. The summed E-state index contributed by atoms with van der Waals surface area (Å²) in [7, 11) is 0. The van der Waals surface area contributed by atoms with Crippen LogP contribution >= 0.6 is 0 Å². The topological polar surface area (TPSA) is 58.3 Å². The number of nitrogens with one attached hydrogen (secondary N) is 1. The Morgan fingerprint density at radius 3 is 2.31 bits per heavy atom. The van der Waals surface area contributed by atoms with Crippen LogP contribution in [0.1, 0.15) is 33.6 Å². The zero-order chi connectivity index (χ0) is 10.3. The molecule has 0 aliphatic rings. The molecule has 0 radical (unpaired) electrons. The highest BCUT2D eigenvalue weighted by Gasteiger charge is 2.13. The molecule has 3 heteroatoms. The fourth-order valence-corrected chi connectivity index (χ4v) is 1.38. The number of aliphatic hydroxyl groups excluding tert-OH is 1. The van der Waals surface area contributed by atoms with Gasteiger partial charge in [-0.2, -0.15) is 0 Å². The monoisotopic (exact) mass is 188 g/mol. The quantitative estimate of drug-likeness (QED) is 0.552. The van der Waals surface area contributed by atoms with Gasteiger partial charge in [-0.25, -0.2) is 0 Å². The summed E-state index contributed by atoms with van der Waals surface area (Å²) in [6, 6.07) is 0.844. The van der Waals surface area contributed by atoms with Crippen LogP contribution < -0.4 is 11.1 Å². The molecule has 4 N–H and O–H groups in total. The molecule has 0 aliphatic heterocycles. The van der Waals surface area contributed by atoms with Crippen LogP contribution in [0.4, 0.5) is 0 Å². The van der Waals surface area contributed by atoms with Gasteiger partial charge in [0.1, 0.15) is 0 Å². The minimum atomic E-state index is 0.279. The van der Waals surface area contributed by atoms with Gasteiger partial charge in [0.2, 0.25) is 0 Å². The highest BCUT2D eigenvalue weighted by atomic mass is 16.2. The Morgan fingerprint density at radius 2 is 1.92 bits per heavy atom. The average molecular weight is 188 g/mol. The molecule has 0 saturated heterocycles. The molecule has 2 atom stereocenters. The first-order valence-electron chi connectivity index (χ1n) is 5.18. The lowest BCUT2D eigenvalue weighted by atomic mass is 10.0. The lowest BCUT2D eigenvalue weighted by Gasteiger charge is -2.25. The molecule has 13 heavy (non-hydrogen) atoms. The van der Waals surface area contributed by atoms with Gasteiger partial charge in [0.25, 0.3) is 0 Å². The lowest BCUT2D eigenvalue weighted by Crippen LogP contribution is -2.44. The summed E-state index contributed by atoms with van der Waals surface area (Å²) in [5.41, 5.74) is 5.64. The zero-order valence-corrected chi connectivity index (χ0v) is 9.09. The Labute approximate surface area is 81.7 Å². The lowest BCUT2D eigenvalue weighted by molar-refractivity contribution is 0.269. The van der Waals surface area contributed by atoms with Crippen molar-refractivity contribution in [1.82, 2.24) is 5.32 Å². The van der Waals surface area contributed by atoms with E-state index in [1.54, 1.807) is 0 Å². The Kier molecular flexibility index (Phi) is 7.23. The van der Waals surface area contributed by atoms with E-state index in [-0.39, 0.29) is 6.61 Å². The van der Waals surface area contributed by atoms with Gasteiger partial charge >= 0.3 is 0 Å². The third-order valence-electron chi connectivity index (χ3n) is 2.35. The van der Waals surface area contributed by atoms with Crippen LogP contribution in [0.15, 0.2) is 0 Å². The van der Waals surface area contributed by atoms with Gasteiger partial charge in [-0.15, -0.1) is 0 Å². The van der Waals surface area contributed by atoms with Crippen LogP contribution in [0, 0.1) is 5.92 Å². The molecule has 0 fully saturated rings. The molecule has 80 valence electrons. The molecular weight excluding hydrogens is 164 g/mol. The third kappa shape index (κ3) is 6.02. The summed E-state index contributed by atoms with van der Waals surface area (Å²) in [5.74, 6) is 0.571. The van der Waals surface area contributed by atoms with Gasteiger partial charge in [-0.3, -0.25) is 0 Å². The molecule has 3 nitrogen and oxygen atoms in total. The van der Waals surface area contributed by atoms with Crippen molar-refractivity contribution < 1.29 is 5.11 Å². The SMILES string of the molecule is CC(CCCO)NC(CN)C(C)C. The van der Waals surface area contributed by atoms with Gasteiger partial charge in [-0.1, -0.05) is 13.8 Å². The minimum absolute atomic E-state index is 0.279. The number of rotatable bonds is 7. The molecule has 0 saturated carbocycles. The van der Waals surface area contributed by atoms with Crippen molar-refractivity contribution in [3.63, 3.8) is 0 Å². The van der Waals surface area contributed by atoms with E-state index in [0.29, 0.717) is 24.5 Å². The van der Waals surface area contributed by atoms with Crippen LogP contribution in [0.2, 0.25) is 0 Å². The van der Waals surface area contributed by atoms with Crippen LogP contribution in [0.3, 0.4) is 0 Å². The number of nitrogens with two attached hydrogens (primary N) is 1. The molecule has 0 aliphatic carbocycles. The zero-order valence-electron chi connectivity index (χ0n) is 9.09. The highest BCUT2D eigenvalue weighted by molar-refractivity contribution is 4.74. The standard InChI is InChI=1S/C10H24N2O/c1-8(2)10(7-11)12-9(3)5-4-6-13/h8-10,12-13H,4-7,11H2,1-3H3. The second kappa shape index (κ2) is 7.30. The molecule has 0 aromatic carbocycles. The van der Waals surface area contributed by atoms with Gasteiger partial charge in [0, 0.05) is 25.2 Å². The predicted molar refractivity (Wildman–Crippen MR) is 56.6 cm³/mol. The molecular formula is C10H24N2O. The summed E-state index contributed by atoms with van der Waals surface area (Å²) >= 11 is 0. The first-order chi connectivity index (χ1) is 6.11. The van der Waals surface area contributed by atoms with E-state index in [2.05, 4.69) is 26.1 Å². The molecule has 0 spiro atoms. The molecule has 0 heterocycles.